The minimum atomic E-state index is -0.611. The maximum atomic E-state index is 14.0. The van der Waals surface area contributed by atoms with Crippen molar-refractivity contribution in [3.05, 3.63) is 53.4 Å². The molecule has 2 N–H and O–H groups in total. The van der Waals surface area contributed by atoms with E-state index in [4.69, 9.17) is 0 Å². The minimum Gasteiger partial charge on any atom is -0.338 e. The molecule has 0 bridgehead atoms. The summed E-state index contributed by atoms with van der Waals surface area (Å²) in [5.41, 5.74) is 1.38. The molecular weight excluding hydrogens is 302 g/mol. The number of nitrogens with zero attached hydrogens (tertiary/aromatic N) is 2. The van der Waals surface area contributed by atoms with Gasteiger partial charge < -0.3 is 10.2 Å². The van der Waals surface area contributed by atoms with E-state index in [-0.39, 0.29) is 12.1 Å². The van der Waals surface area contributed by atoms with Gasteiger partial charge in [-0.2, -0.15) is 5.10 Å². The number of H-pyrrole nitrogens is 1. The fourth-order valence-electron chi connectivity index (χ4n) is 2.93. The van der Waals surface area contributed by atoms with E-state index in [9.17, 15) is 13.6 Å². The van der Waals surface area contributed by atoms with Gasteiger partial charge in [0.1, 0.15) is 11.6 Å². The number of rotatable bonds is 4. The van der Waals surface area contributed by atoms with Crippen LogP contribution in [0.2, 0.25) is 0 Å². The van der Waals surface area contributed by atoms with Gasteiger partial charge in [-0.1, -0.05) is 6.07 Å². The Morgan fingerprint density at radius 3 is 3.04 bits per heavy atom. The minimum absolute atomic E-state index is 0.222. The summed E-state index contributed by atoms with van der Waals surface area (Å²) < 4.78 is 27.0. The Balaban J connectivity index is 1.62. The number of amides is 2. The van der Waals surface area contributed by atoms with Crippen molar-refractivity contribution in [2.24, 2.45) is 0 Å². The van der Waals surface area contributed by atoms with Gasteiger partial charge >= 0.3 is 6.03 Å². The average molecular weight is 320 g/mol. The number of carbonyl (C=O) groups is 1. The Morgan fingerprint density at radius 2 is 2.30 bits per heavy atom. The van der Waals surface area contributed by atoms with Crippen molar-refractivity contribution in [2.45, 2.75) is 25.3 Å². The van der Waals surface area contributed by atoms with Crippen LogP contribution in [0, 0.1) is 11.6 Å². The predicted octanol–water partition coefficient (Wildman–Crippen LogP) is 2.78. The van der Waals surface area contributed by atoms with E-state index < -0.39 is 11.6 Å². The van der Waals surface area contributed by atoms with Gasteiger partial charge in [-0.3, -0.25) is 5.10 Å². The Bertz CT molecular complexity index is 675. The molecule has 0 radical (unpaired) electrons. The number of aromatic nitrogens is 2. The lowest BCUT2D eigenvalue weighted by atomic mass is 10.0. The van der Waals surface area contributed by atoms with Crippen LogP contribution in [0.4, 0.5) is 13.6 Å². The molecule has 2 heterocycles. The highest BCUT2D eigenvalue weighted by Gasteiger charge is 2.31. The quantitative estimate of drug-likeness (QED) is 0.910. The van der Waals surface area contributed by atoms with Crippen LogP contribution in [0.3, 0.4) is 0 Å². The molecule has 1 fully saturated rings. The zero-order valence-electron chi connectivity index (χ0n) is 12.6. The monoisotopic (exact) mass is 320 g/mol. The molecule has 7 heteroatoms. The van der Waals surface area contributed by atoms with Crippen molar-refractivity contribution in [1.29, 1.82) is 0 Å². The molecule has 0 saturated carbocycles. The number of carbonyl (C=O) groups excluding carboxylic acids is 1. The molecule has 1 aromatic heterocycles. The molecule has 122 valence electrons. The molecule has 1 saturated heterocycles. The SMILES string of the molecule is O=C(NCCc1cn[nH]c1)N1CCC[C@H]1c1ccc(F)cc1F. The lowest BCUT2D eigenvalue weighted by Gasteiger charge is -2.25. The molecule has 0 spiro atoms. The highest BCUT2D eigenvalue weighted by Crippen LogP contribution is 2.33. The number of hydrogen-bond donors (Lipinski definition) is 2. The van der Waals surface area contributed by atoms with Crippen LogP contribution in [0.1, 0.15) is 30.0 Å². The molecule has 23 heavy (non-hydrogen) atoms. The first-order valence-electron chi connectivity index (χ1n) is 7.62. The first kappa shape index (κ1) is 15.5. The zero-order chi connectivity index (χ0) is 16.2. The largest absolute Gasteiger partial charge is 0.338 e. The van der Waals surface area contributed by atoms with E-state index in [1.165, 1.54) is 12.1 Å². The van der Waals surface area contributed by atoms with E-state index in [2.05, 4.69) is 15.5 Å². The van der Waals surface area contributed by atoms with E-state index in [0.29, 0.717) is 31.5 Å². The molecule has 3 rings (SSSR count). The second kappa shape index (κ2) is 6.76. The summed E-state index contributed by atoms with van der Waals surface area (Å²) in [6, 6.07) is 2.95. The molecule has 1 atom stereocenters. The van der Waals surface area contributed by atoms with Crippen LogP contribution in [-0.4, -0.2) is 34.2 Å². The average Bonchev–Trinajstić information content (AvgIpc) is 3.18. The molecular formula is C16H18F2N4O. The van der Waals surface area contributed by atoms with Crippen LogP contribution < -0.4 is 5.32 Å². The second-order valence-corrected chi connectivity index (χ2v) is 5.61. The van der Waals surface area contributed by atoms with Gasteiger partial charge in [0.05, 0.1) is 12.2 Å². The summed E-state index contributed by atoms with van der Waals surface area (Å²) in [5, 5.41) is 9.40. The molecule has 0 aliphatic carbocycles. The Labute approximate surface area is 132 Å². The summed E-state index contributed by atoms with van der Waals surface area (Å²) in [6.07, 6.45) is 5.64. The molecule has 1 aliphatic heterocycles. The third-order valence-electron chi connectivity index (χ3n) is 4.08. The molecule has 1 aromatic carbocycles. The van der Waals surface area contributed by atoms with Gasteiger partial charge in [-0.05, 0) is 30.9 Å². The van der Waals surface area contributed by atoms with Gasteiger partial charge in [-0.25, -0.2) is 13.6 Å². The molecule has 5 nitrogen and oxygen atoms in total. The maximum absolute atomic E-state index is 14.0. The highest BCUT2D eigenvalue weighted by atomic mass is 19.1. The Kier molecular flexibility index (Phi) is 4.55. The number of aromatic amines is 1. The number of halogens is 2. The van der Waals surface area contributed by atoms with Crippen molar-refractivity contribution in [3.63, 3.8) is 0 Å². The first-order chi connectivity index (χ1) is 11.1. The number of benzene rings is 1. The lowest BCUT2D eigenvalue weighted by molar-refractivity contribution is 0.192. The van der Waals surface area contributed by atoms with Crippen molar-refractivity contribution in [3.8, 4) is 0 Å². The second-order valence-electron chi connectivity index (χ2n) is 5.61. The number of nitrogens with one attached hydrogen (secondary N) is 2. The van der Waals surface area contributed by atoms with Crippen LogP contribution in [0.25, 0.3) is 0 Å². The molecule has 2 aromatic rings. The summed E-state index contributed by atoms with van der Waals surface area (Å²) in [5.74, 6) is -1.21. The summed E-state index contributed by atoms with van der Waals surface area (Å²) in [7, 11) is 0. The van der Waals surface area contributed by atoms with E-state index in [1.54, 1.807) is 17.3 Å². The Morgan fingerprint density at radius 1 is 1.43 bits per heavy atom. The van der Waals surface area contributed by atoms with Crippen molar-refractivity contribution in [1.82, 2.24) is 20.4 Å². The molecule has 2 amide bonds. The van der Waals surface area contributed by atoms with E-state index in [0.717, 1.165) is 18.1 Å². The Hall–Kier alpha value is -2.44. The summed E-state index contributed by atoms with van der Waals surface area (Å²) >= 11 is 0. The van der Waals surface area contributed by atoms with Crippen molar-refractivity contribution in [2.75, 3.05) is 13.1 Å². The number of urea groups is 1. The molecule has 1 aliphatic rings. The smallest absolute Gasteiger partial charge is 0.317 e. The number of hydrogen-bond acceptors (Lipinski definition) is 2. The van der Waals surface area contributed by atoms with Crippen LogP contribution in [0.5, 0.6) is 0 Å². The zero-order valence-corrected chi connectivity index (χ0v) is 12.6. The molecule has 0 unspecified atom stereocenters. The van der Waals surface area contributed by atoms with Gasteiger partial charge in [0.2, 0.25) is 0 Å². The van der Waals surface area contributed by atoms with Gasteiger partial charge in [0.25, 0.3) is 0 Å². The third-order valence-corrected chi connectivity index (χ3v) is 4.08. The third kappa shape index (κ3) is 3.49. The van der Waals surface area contributed by atoms with E-state index in [1.807, 2.05) is 0 Å². The van der Waals surface area contributed by atoms with Gasteiger partial charge in [0.15, 0.2) is 0 Å². The first-order valence-corrected chi connectivity index (χ1v) is 7.62. The highest BCUT2D eigenvalue weighted by molar-refractivity contribution is 5.75. The fourth-order valence-corrected chi connectivity index (χ4v) is 2.93. The van der Waals surface area contributed by atoms with Gasteiger partial charge in [0, 0.05) is 30.9 Å². The van der Waals surface area contributed by atoms with Crippen molar-refractivity contribution < 1.29 is 13.6 Å². The summed E-state index contributed by atoms with van der Waals surface area (Å²) in [6.45, 7) is 1.05. The van der Waals surface area contributed by atoms with Gasteiger partial charge in [-0.15, -0.1) is 0 Å². The van der Waals surface area contributed by atoms with Crippen LogP contribution in [0.15, 0.2) is 30.6 Å². The van der Waals surface area contributed by atoms with Crippen LogP contribution >= 0.6 is 0 Å². The fraction of sp³-hybridized carbons (Fsp3) is 0.375. The maximum Gasteiger partial charge on any atom is 0.317 e. The lowest BCUT2D eigenvalue weighted by Crippen LogP contribution is -2.40. The van der Waals surface area contributed by atoms with Crippen molar-refractivity contribution >= 4 is 6.03 Å². The summed E-state index contributed by atoms with van der Waals surface area (Å²) in [4.78, 5) is 13.9. The standard InChI is InChI=1S/C16H18F2N4O/c17-12-3-4-13(14(18)8-12)15-2-1-7-22(15)16(23)19-6-5-11-9-20-21-10-11/h3-4,8-10,15H,1-2,5-7H2,(H,19,23)(H,20,21)/t15-/m0/s1. The van der Waals surface area contributed by atoms with Crippen LogP contribution in [-0.2, 0) is 6.42 Å². The number of likely N-dealkylation sites (tertiary alicyclic amines) is 1. The predicted molar refractivity (Wildman–Crippen MR) is 80.7 cm³/mol. The normalized spacial score (nSPS) is 17.5. The topological polar surface area (TPSA) is 61.0 Å². The van der Waals surface area contributed by atoms with E-state index >= 15 is 0 Å².